The maximum Gasteiger partial charge on any atom is 0.323 e. The summed E-state index contributed by atoms with van der Waals surface area (Å²) in [5, 5.41) is 17.5. The molecule has 0 spiro atoms. The summed E-state index contributed by atoms with van der Waals surface area (Å²) in [6, 6.07) is 6.36. The van der Waals surface area contributed by atoms with E-state index in [-0.39, 0.29) is 12.4 Å². The van der Waals surface area contributed by atoms with Gasteiger partial charge in [-0.2, -0.15) is 0 Å². The Labute approximate surface area is 175 Å². The lowest BCUT2D eigenvalue weighted by Crippen LogP contribution is -2.49. The van der Waals surface area contributed by atoms with Crippen molar-refractivity contribution in [2.45, 2.75) is 12.1 Å². The quantitative estimate of drug-likeness (QED) is 0.293. The van der Waals surface area contributed by atoms with Gasteiger partial charge in [0, 0.05) is 23.2 Å². The summed E-state index contributed by atoms with van der Waals surface area (Å²) in [5.74, 6) is 5.65. The van der Waals surface area contributed by atoms with E-state index in [4.69, 9.17) is 4.74 Å². The second kappa shape index (κ2) is 6.77. The van der Waals surface area contributed by atoms with Gasteiger partial charge in [0.2, 0.25) is 5.54 Å². The Morgan fingerprint density at radius 3 is 2.87 bits per heavy atom. The van der Waals surface area contributed by atoms with Crippen molar-refractivity contribution in [2.75, 3.05) is 7.11 Å². The van der Waals surface area contributed by atoms with Crippen LogP contribution in [0, 0.1) is 11.8 Å². The zero-order chi connectivity index (χ0) is 21.6. The highest BCUT2D eigenvalue weighted by Gasteiger charge is 2.46. The molecule has 1 aliphatic heterocycles. The number of carbonyl (C=O) groups excluding carboxylic acids is 2. The number of hydrogen-bond donors (Lipinski definition) is 4. The van der Waals surface area contributed by atoms with Crippen LogP contribution in [0.2, 0.25) is 0 Å². The van der Waals surface area contributed by atoms with Crippen molar-refractivity contribution in [3.8, 4) is 23.5 Å². The van der Waals surface area contributed by atoms with E-state index in [1.54, 1.807) is 36.7 Å². The van der Waals surface area contributed by atoms with Crippen molar-refractivity contribution in [3.05, 3.63) is 48.7 Å². The van der Waals surface area contributed by atoms with Gasteiger partial charge in [-0.1, -0.05) is 5.92 Å². The Bertz CT molecular complexity index is 1430. The average molecular weight is 416 g/mol. The highest BCUT2D eigenvalue weighted by Crippen LogP contribution is 2.32. The lowest BCUT2D eigenvalue weighted by atomic mass is 10.00. The number of aromatic amines is 1. The van der Waals surface area contributed by atoms with Crippen LogP contribution >= 0.6 is 0 Å². The highest BCUT2D eigenvalue weighted by molar-refractivity contribution is 6.09. The Morgan fingerprint density at radius 2 is 2.10 bits per heavy atom. The van der Waals surface area contributed by atoms with Crippen LogP contribution in [0.5, 0.6) is 11.6 Å². The number of fused-ring (bicyclic) bond motifs is 2. The van der Waals surface area contributed by atoms with Crippen molar-refractivity contribution in [2.24, 2.45) is 0 Å². The van der Waals surface area contributed by atoms with Gasteiger partial charge in [0.1, 0.15) is 23.4 Å². The molecule has 10 nitrogen and oxygen atoms in total. The number of nitrogens with zero attached hydrogens (tertiary/aromatic N) is 3. The lowest BCUT2D eigenvalue weighted by Gasteiger charge is -2.20. The number of H-pyrrole nitrogens is 1. The molecular formula is C21H16N6O4. The van der Waals surface area contributed by atoms with Gasteiger partial charge in [-0.25, -0.2) is 14.8 Å². The molecule has 0 saturated carbocycles. The molecule has 0 radical (unpaired) electrons. The molecule has 4 heterocycles. The predicted molar refractivity (Wildman–Crippen MR) is 110 cm³/mol. The normalized spacial score (nSPS) is 18.0. The van der Waals surface area contributed by atoms with E-state index in [0.29, 0.717) is 27.9 Å². The minimum atomic E-state index is -1.60. The first-order chi connectivity index (χ1) is 15.0. The fourth-order valence-corrected chi connectivity index (χ4v) is 3.60. The van der Waals surface area contributed by atoms with Gasteiger partial charge in [0.15, 0.2) is 5.88 Å². The van der Waals surface area contributed by atoms with Gasteiger partial charge in [0.25, 0.3) is 5.91 Å². The molecule has 5 rings (SSSR count). The average Bonchev–Trinajstić information content (AvgIpc) is 3.43. The fraction of sp³-hybridized carbons (Fsp3) is 0.143. The number of nitrogens with one attached hydrogen (secondary N) is 3. The van der Waals surface area contributed by atoms with E-state index in [0.717, 1.165) is 5.39 Å². The number of urea groups is 1. The van der Waals surface area contributed by atoms with Crippen LogP contribution in [-0.4, -0.2) is 49.2 Å². The Hall–Kier alpha value is -4.52. The van der Waals surface area contributed by atoms with Crippen LogP contribution in [0.25, 0.3) is 21.8 Å². The molecule has 154 valence electrons. The number of methoxy groups -OCH3 is 1. The smallest absolute Gasteiger partial charge is 0.323 e. The maximum atomic E-state index is 12.7. The van der Waals surface area contributed by atoms with Gasteiger partial charge < -0.3 is 24.7 Å². The maximum absolute atomic E-state index is 12.7. The molecule has 1 saturated heterocycles. The SMILES string of the molecule is COc1ccc2cn(C[C@@]3(C#Cc4ncnc5[nH]ccc45)NC(=O)NC3=O)c(O)c2c1. The van der Waals surface area contributed by atoms with Gasteiger partial charge in [-0.15, -0.1) is 0 Å². The zero-order valence-corrected chi connectivity index (χ0v) is 16.3. The number of hydrogen-bond acceptors (Lipinski definition) is 6. The molecule has 31 heavy (non-hydrogen) atoms. The first-order valence-corrected chi connectivity index (χ1v) is 9.30. The van der Waals surface area contributed by atoms with Crippen molar-refractivity contribution in [1.82, 2.24) is 30.2 Å². The third-order valence-corrected chi connectivity index (χ3v) is 5.17. The third kappa shape index (κ3) is 3.00. The van der Waals surface area contributed by atoms with E-state index in [2.05, 4.69) is 37.4 Å². The van der Waals surface area contributed by atoms with E-state index in [1.165, 1.54) is 18.0 Å². The van der Waals surface area contributed by atoms with Crippen LogP contribution < -0.4 is 15.4 Å². The molecule has 4 aromatic rings. The molecule has 0 bridgehead atoms. The fourth-order valence-electron chi connectivity index (χ4n) is 3.60. The first kappa shape index (κ1) is 18.5. The molecule has 10 heteroatoms. The number of aromatic hydroxyl groups is 1. The molecule has 3 amide bonds. The van der Waals surface area contributed by atoms with Gasteiger partial charge in [-0.3, -0.25) is 10.1 Å². The van der Waals surface area contributed by atoms with Crippen LogP contribution in [0.3, 0.4) is 0 Å². The minimum Gasteiger partial charge on any atom is -0.497 e. The third-order valence-electron chi connectivity index (χ3n) is 5.17. The predicted octanol–water partition coefficient (Wildman–Crippen LogP) is 1.26. The summed E-state index contributed by atoms with van der Waals surface area (Å²) in [4.78, 5) is 35.9. The monoisotopic (exact) mass is 416 g/mol. The van der Waals surface area contributed by atoms with Crippen molar-refractivity contribution >= 4 is 33.7 Å². The van der Waals surface area contributed by atoms with Crippen molar-refractivity contribution in [1.29, 1.82) is 0 Å². The molecule has 1 atom stereocenters. The van der Waals surface area contributed by atoms with E-state index in [9.17, 15) is 14.7 Å². The number of ether oxygens (including phenoxy) is 1. The Balaban J connectivity index is 1.59. The Morgan fingerprint density at radius 1 is 1.23 bits per heavy atom. The number of rotatable bonds is 3. The standard InChI is InChI=1S/C21H16N6O4/c1-31-13-3-2-12-9-27(18(28)15(12)8-13)10-21(19(29)25-20(30)26-21)6-4-16-14-5-7-22-17(14)24-11-23-16/h2-3,5,7-9,11,28H,10H2,1H3,(H,22,23,24)(H2,25,26,29,30)/t21-/m1/s1. The molecule has 1 fully saturated rings. The number of amides is 3. The summed E-state index contributed by atoms with van der Waals surface area (Å²) < 4.78 is 6.68. The van der Waals surface area contributed by atoms with Gasteiger partial charge >= 0.3 is 6.03 Å². The summed E-state index contributed by atoms with van der Waals surface area (Å²) in [6.07, 6.45) is 4.75. The van der Waals surface area contributed by atoms with Crippen molar-refractivity contribution in [3.63, 3.8) is 0 Å². The summed E-state index contributed by atoms with van der Waals surface area (Å²) in [5.41, 5.74) is -0.580. The van der Waals surface area contributed by atoms with Crippen LogP contribution in [0.4, 0.5) is 4.79 Å². The number of carbonyl (C=O) groups is 2. The van der Waals surface area contributed by atoms with Crippen LogP contribution in [0.1, 0.15) is 5.69 Å². The largest absolute Gasteiger partial charge is 0.497 e. The van der Waals surface area contributed by atoms with E-state index < -0.39 is 17.5 Å². The number of aromatic nitrogens is 4. The van der Waals surface area contributed by atoms with Gasteiger partial charge in [-0.05, 0) is 30.2 Å². The lowest BCUT2D eigenvalue weighted by molar-refractivity contribution is -0.122. The summed E-state index contributed by atoms with van der Waals surface area (Å²) >= 11 is 0. The van der Waals surface area contributed by atoms with E-state index in [1.807, 2.05) is 0 Å². The number of imide groups is 1. The topological polar surface area (TPSA) is 134 Å². The molecule has 0 aliphatic carbocycles. The molecule has 1 aliphatic rings. The summed E-state index contributed by atoms with van der Waals surface area (Å²) in [6.45, 7) is -0.109. The zero-order valence-electron chi connectivity index (χ0n) is 16.3. The highest BCUT2D eigenvalue weighted by atomic mass is 16.5. The van der Waals surface area contributed by atoms with Gasteiger partial charge in [0.05, 0.1) is 19.0 Å². The summed E-state index contributed by atoms with van der Waals surface area (Å²) in [7, 11) is 1.53. The number of benzene rings is 1. The first-order valence-electron chi connectivity index (χ1n) is 9.30. The second-order valence-corrected chi connectivity index (χ2v) is 7.06. The molecular weight excluding hydrogens is 400 g/mol. The minimum absolute atomic E-state index is 0.0703. The Kier molecular flexibility index (Phi) is 4.04. The molecule has 0 unspecified atom stereocenters. The van der Waals surface area contributed by atoms with Crippen LogP contribution in [-0.2, 0) is 11.3 Å². The second-order valence-electron chi connectivity index (χ2n) is 7.06. The van der Waals surface area contributed by atoms with E-state index >= 15 is 0 Å². The molecule has 4 N–H and O–H groups in total. The molecule has 1 aromatic carbocycles. The van der Waals surface area contributed by atoms with Crippen LogP contribution in [0.15, 0.2) is 43.0 Å². The molecule has 3 aromatic heterocycles. The van der Waals surface area contributed by atoms with Crippen molar-refractivity contribution < 1.29 is 19.4 Å².